The largest absolute Gasteiger partial charge is 0.396 e. The van der Waals surface area contributed by atoms with Crippen molar-refractivity contribution in [3.63, 3.8) is 0 Å². The smallest absolute Gasteiger partial charge is 0.0810 e. The van der Waals surface area contributed by atoms with E-state index >= 15 is 0 Å². The molecule has 1 saturated heterocycles. The van der Waals surface area contributed by atoms with Crippen LogP contribution in [0.15, 0.2) is 0 Å². The third kappa shape index (κ3) is 2.15. The highest BCUT2D eigenvalue weighted by Crippen LogP contribution is 2.24. The minimum atomic E-state index is 0.00833. The van der Waals surface area contributed by atoms with Crippen LogP contribution in [0.25, 0.3) is 0 Å². The van der Waals surface area contributed by atoms with Gasteiger partial charge in [0, 0.05) is 12.5 Å². The Balaban J connectivity index is 2.29. The van der Waals surface area contributed by atoms with Crippen LogP contribution in [0.2, 0.25) is 0 Å². The molecule has 0 unspecified atom stereocenters. The van der Waals surface area contributed by atoms with Crippen molar-refractivity contribution in [2.75, 3.05) is 13.2 Å². The summed E-state index contributed by atoms with van der Waals surface area (Å²) in [6, 6.07) is 0. The summed E-state index contributed by atoms with van der Waals surface area (Å²) in [6.45, 7) is 2.24. The highest BCUT2D eigenvalue weighted by atomic mass is 16.5. The molecule has 0 radical (unpaired) electrons. The molecule has 0 saturated carbocycles. The van der Waals surface area contributed by atoms with Crippen LogP contribution in [0.1, 0.15) is 19.8 Å². The van der Waals surface area contributed by atoms with E-state index in [0.717, 1.165) is 12.8 Å². The van der Waals surface area contributed by atoms with Crippen molar-refractivity contribution in [3.05, 3.63) is 0 Å². The molecule has 1 aliphatic rings. The van der Waals surface area contributed by atoms with Gasteiger partial charge < -0.3 is 14.9 Å². The van der Waals surface area contributed by atoms with Crippen molar-refractivity contribution in [1.29, 1.82) is 0 Å². The molecule has 0 aliphatic carbocycles. The van der Waals surface area contributed by atoms with Gasteiger partial charge in [-0.25, -0.2) is 0 Å². The van der Waals surface area contributed by atoms with Crippen molar-refractivity contribution in [2.24, 2.45) is 5.92 Å². The Morgan fingerprint density at radius 1 is 1.45 bits per heavy atom. The highest BCUT2D eigenvalue weighted by Gasteiger charge is 2.28. The Hall–Kier alpha value is -0.120. The molecule has 0 aromatic rings. The second-order valence-corrected chi connectivity index (χ2v) is 3.22. The Morgan fingerprint density at radius 3 is 2.64 bits per heavy atom. The van der Waals surface area contributed by atoms with Crippen LogP contribution >= 0.6 is 0 Å². The van der Waals surface area contributed by atoms with E-state index < -0.39 is 0 Å². The van der Waals surface area contributed by atoms with E-state index in [1.165, 1.54) is 0 Å². The summed E-state index contributed by atoms with van der Waals surface area (Å²) in [6.07, 6.45) is 2.05. The molecule has 1 aliphatic heterocycles. The minimum Gasteiger partial charge on any atom is -0.396 e. The number of aliphatic hydroxyl groups excluding tert-OH is 2. The SMILES string of the molecule is C[C@H](CO)[C@@H]1CC[C@@H](CO)O1. The first-order valence-corrected chi connectivity index (χ1v) is 4.15. The number of ether oxygens (including phenoxy) is 1. The number of aliphatic hydroxyl groups is 2. The van der Waals surface area contributed by atoms with Gasteiger partial charge in [-0.1, -0.05) is 6.92 Å². The minimum absolute atomic E-state index is 0.00833. The van der Waals surface area contributed by atoms with Gasteiger partial charge in [-0.3, -0.25) is 0 Å². The van der Waals surface area contributed by atoms with Crippen molar-refractivity contribution < 1.29 is 14.9 Å². The lowest BCUT2D eigenvalue weighted by Crippen LogP contribution is -2.22. The molecular weight excluding hydrogens is 144 g/mol. The molecule has 2 N–H and O–H groups in total. The van der Waals surface area contributed by atoms with Crippen molar-refractivity contribution >= 4 is 0 Å². The lowest BCUT2D eigenvalue weighted by atomic mass is 10.0. The zero-order valence-electron chi connectivity index (χ0n) is 6.86. The summed E-state index contributed by atoms with van der Waals surface area (Å²) < 4.78 is 5.45. The fourth-order valence-corrected chi connectivity index (χ4v) is 1.40. The summed E-state index contributed by atoms with van der Waals surface area (Å²) in [5, 5.41) is 17.6. The van der Waals surface area contributed by atoms with Gasteiger partial charge >= 0.3 is 0 Å². The fraction of sp³-hybridized carbons (Fsp3) is 1.00. The van der Waals surface area contributed by atoms with Crippen LogP contribution in [-0.4, -0.2) is 35.6 Å². The standard InChI is InChI=1S/C8H16O3/c1-6(4-9)8-3-2-7(5-10)11-8/h6-10H,2-5H2,1H3/t6-,7+,8+/m1/s1. The van der Waals surface area contributed by atoms with E-state index in [9.17, 15) is 0 Å². The topological polar surface area (TPSA) is 49.7 Å². The molecule has 1 fully saturated rings. The summed E-state index contributed by atoms with van der Waals surface area (Å²) in [7, 11) is 0. The molecule has 0 spiro atoms. The van der Waals surface area contributed by atoms with E-state index in [1.807, 2.05) is 6.92 Å². The normalized spacial score (nSPS) is 34.1. The van der Waals surface area contributed by atoms with Crippen molar-refractivity contribution in [2.45, 2.75) is 32.0 Å². The summed E-state index contributed by atoms with van der Waals surface area (Å²) in [5.41, 5.74) is 0. The quantitative estimate of drug-likeness (QED) is 0.618. The Labute approximate surface area is 67.0 Å². The van der Waals surface area contributed by atoms with Gasteiger partial charge in [0.05, 0.1) is 18.8 Å². The summed E-state index contributed by atoms with van der Waals surface area (Å²) in [5.74, 6) is 0.201. The van der Waals surface area contributed by atoms with Crippen LogP contribution in [0.5, 0.6) is 0 Å². The maximum absolute atomic E-state index is 8.81. The van der Waals surface area contributed by atoms with Crippen LogP contribution in [0, 0.1) is 5.92 Å². The molecule has 0 aromatic heterocycles. The van der Waals surface area contributed by atoms with Gasteiger partial charge in [-0.05, 0) is 12.8 Å². The highest BCUT2D eigenvalue weighted by molar-refractivity contribution is 4.76. The maximum atomic E-state index is 8.81. The number of hydrogen-bond acceptors (Lipinski definition) is 3. The van der Waals surface area contributed by atoms with Gasteiger partial charge in [-0.2, -0.15) is 0 Å². The van der Waals surface area contributed by atoms with Crippen LogP contribution in [0.3, 0.4) is 0 Å². The zero-order chi connectivity index (χ0) is 8.27. The lowest BCUT2D eigenvalue weighted by Gasteiger charge is -2.16. The fourth-order valence-electron chi connectivity index (χ4n) is 1.40. The van der Waals surface area contributed by atoms with Crippen LogP contribution < -0.4 is 0 Å². The molecular formula is C8H16O3. The van der Waals surface area contributed by atoms with Gasteiger partial charge in [0.2, 0.25) is 0 Å². The second-order valence-electron chi connectivity index (χ2n) is 3.22. The molecule has 0 bridgehead atoms. The zero-order valence-corrected chi connectivity index (χ0v) is 6.86. The van der Waals surface area contributed by atoms with E-state index in [2.05, 4.69) is 0 Å². The van der Waals surface area contributed by atoms with E-state index in [0.29, 0.717) is 0 Å². The first kappa shape index (κ1) is 8.97. The second kappa shape index (κ2) is 4.04. The Bertz CT molecular complexity index is 116. The molecule has 3 nitrogen and oxygen atoms in total. The summed E-state index contributed by atoms with van der Waals surface area (Å²) in [4.78, 5) is 0. The van der Waals surface area contributed by atoms with E-state index in [4.69, 9.17) is 14.9 Å². The van der Waals surface area contributed by atoms with Crippen LogP contribution in [0.4, 0.5) is 0 Å². The maximum Gasteiger partial charge on any atom is 0.0810 e. The molecule has 0 aromatic carbocycles. The van der Waals surface area contributed by atoms with Crippen molar-refractivity contribution in [3.8, 4) is 0 Å². The molecule has 11 heavy (non-hydrogen) atoms. The first-order valence-electron chi connectivity index (χ1n) is 4.15. The predicted molar refractivity (Wildman–Crippen MR) is 41.2 cm³/mol. The lowest BCUT2D eigenvalue weighted by molar-refractivity contribution is -0.0215. The van der Waals surface area contributed by atoms with Crippen LogP contribution in [-0.2, 0) is 4.74 Å². The number of hydrogen-bond donors (Lipinski definition) is 2. The molecule has 3 atom stereocenters. The monoisotopic (exact) mass is 160 g/mol. The van der Waals surface area contributed by atoms with Gasteiger partial charge in [-0.15, -0.1) is 0 Å². The molecule has 0 amide bonds. The third-order valence-corrected chi connectivity index (χ3v) is 2.27. The molecule has 1 rings (SSSR count). The Morgan fingerprint density at radius 2 is 2.18 bits per heavy atom. The van der Waals surface area contributed by atoms with E-state index in [1.54, 1.807) is 0 Å². The summed E-state index contributed by atoms with van der Waals surface area (Å²) >= 11 is 0. The average molecular weight is 160 g/mol. The average Bonchev–Trinajstić information content (AvgIpc) is 2.50. The molecule has 3 heteroatoms. The van der Waals surface area contributed by atoms with Gasteiger partial charge in [0.15, 0.2) is 0 Å². The van der Waals surface area contributed by atoms with Gasteiger partial charge in [0.25, 0.3) is 0 Å². The molecule has 1 heterocycles. The molecule has 66 valence electrons. The number of rotatable bonds is 3. The Kier molecular flexibility index (Phi) is 3.30. The predicted octanol–water partition coefficient (Wildman–Crippen LogP) is 0.155. The van der Waals surface area contributed by atoms with Crippen molar-refractivity contribution in [1.82, 2.24) is 0 Å². The first-order chi connectivity index (χ1) is 5.27. The van der Waals surface area contributed by atoms with Gasteiger partial charge in [0.1, 0.15) is 0 Å². The third-order valence-electron chi connectivity index (χ3n) is 2.27. The van der Waals surface area contributed by atoms with E-state index in [-0.39, 0.29) is 31.3 Å².